The number of benzene rings is 1. The molecule has 0 spiro atoms. The van der Waals surface area contributed by atoms with E-state index in [2.05, 4.69) is 15.9 Å². The van der Waals surface area contributed by atoms with E-state index in [9.17, 15) is 0 Å². The van der Waals surface area contributed by atoms with Crippen molar-refractivity contribution in [1.82, 2.24) is 0 Å². The molecule has 1 aliphatic rings. The average molecular weight is 272 g/mol. The highest BCUT2D eigenvalue weighted by molar-refractivity contribution is 9.10. The molecule has 1 saturated carbocycles. The lowest BCUT2D eigenvalue weighted by molar-refractivity contribution is 0.0965. The molecule has 1 fully saturated rings. The number of hydrogen-bond donors (Lipinski definition) is 1. The summed E-state index contributed by atoms with van der Waals surface area (Å²) in [6.07, 6.45) is 2.07. The zero-order valence-electron chi connectivity index (χ0n) is 8.57. The summed E-state index contributed by atoms with van der Waals surface area (Å²) in [7, 11) is 1.64. The molecule has 0 atom stereocenters. The minimum absolute atomic E-state index is 0.229. The van der Waals surface area contributed by atoms with Crippen LogP contribution < -0.4 is 15.2 Å². The molecule has 0 bridgehead atoms. The summed E-state index contributed by atoms with van der Waals surface area (Å²) < 4.78 is 12.0. The lowest BCUT2D eigenvalue weighted by Gasteiger charge is -2.33. The van der Waals surface area contributed by atoms with Crippen molar-refractivity contribution in [2.45, 2.75) is 25.0 Å². The fraction of sp³-hybridized carbons (Fsp3) is 0.455. The van der Waals surface area contributed by atoms with E-state index in [0.29, 0.717) is 6.04 Å². The molecule has 1 aliphatic carbocycles. The van der Waals surface area contributed by atoms with Gasteiger partial charge in [-0.3, -0.25) is 0 Å². The number of ether oxygens (including phenoxy) is 2. The number of halogens is 1. The summed E-state index contributed by atoms with van der Waals surface area (Å²) in [5, 5.41) is 0. The van der Waals surface area contributed by atoms with E-state index in [1.54, 1.807) is 7.11 Å². The van der Waals surface area contributed by atoms with Gasteiger partial charge in [0, 0.05) is 6.04 Å². The van der Waals surface area contributed by atoms with Crippen LogP contribution in [0.4, 0.5) is 0 Å². The Morgan fingerprint density at radius 1 is 1.40 bits per heavy atom. The summed E-state index contributed by atoms with van der Waals surface area (Å²) in [4.78, 5) is 0. The molecule has 1 aromatic rings. The first-order valence-electron chi connectivity index (χ1n) is 4.95. The van der Waals surface area contributed by atoms with E-state index >= 15 is 0 Å². The van der Waals surface area contributed by atoms with Gasteiger partial charge in [0.1, 0.15) is 6.10 Å². The first-order chi connectivity index (χ1) is 7.20. The van der Waals surface area contributed by atoms with Crippen LogP contribution in [-0.2, 0) is 0 Å². The van der Waals surface area contributed by atoms with Crippen LogP contribution >= 0.6 is 15.9 Å². The normalized spacial score (nSPS) is 24.5. The minimum atomic E-state index is 0.229. The van der Waals surface area contributed by atoms with Crippen molar-refractivity contribution in [1.29, 1.82) is 0 Å². The van der Waals surface area contributed by atoms with Crippen LogP contribution in [0, 0.1) is 0 Å². The Hall–Kier alpha value is -0.740. The molecule has 15 heavy (non-hydrogen) atoms. The third-order valence-electron chi connectivity index (χ3n) is 2.57. The lowest BCUT2D eigenvalue weighted by atomic mass is 9.90. The van der Waals surface area contributed by atoms with Gasteiger partial charge in [0.15, 0.2) is 11.5 Å². The first-order valence-corrected chi connectivity index (χ1v) is 5.74. The summed E-state index contributed by atoms with van der Waals surface area (Å²) in [5.41, 5.74) is 5.71. The van der Waals surface area contributed by atoms with E-state index in [0.717, 1.165) is 28.8 Å². The summed E-state index contributed by atoms with van der Waals surface area (Å²) in [6.45, 7) is 0. The lowest BCUT2D eigenvalue weighted by Crippen LogP contribution is -2.43. The molecular weight excluding hydrogens is 258 g/mol. The van der Waals surface area contributed by atoms with E-state index in [4.69, 9.17) is 15.2 Å². The Kier molecular flexibility index (Phi) is 3.17. The molecule has 0 amide bonds. The van der Waals surface area contributed by atoms with Crippen molar-refractivity contribution in [2.24, 2.45) is 5.73 Å². The van der Waals surface area contributed by atoms with Gasteiger partial charge in [-0.05, 0) is 40.9 Å². The van der Waals surface area contributed by atoms with Gasteiger partial charge in [0.25, 0.3) is 0 Å². The summed E-state index contributed by atoms with van der Waals surface area (Å²) >= 11 is 3.45. The van der Waals surface area contributed by atoms with Crippen LogP contribution in [-0.4, -0.2) is 19.3 Å². The molecule has 3 nitrogen and oxygen atoms in total. The Balaban J connectivity index is 2.12. The first kappa shape index (κ1) is 10.8. The quantitative estimate of drug-likeness (QED) is 0.918. The summed E-state index contributed by atoms with van der Waals surface area (Å²) in [5.74, 6) is 1.53. The molecule has 0 aromatic heterocycles. The minimum Gasteiger partial charge on any atom is -0.493 e. The maximum Gasteiger partial charge on any atom is 0.175 e. The largest absolute Gasteiger partial charge is 0.493 e. The maximum atomic E-state index is 5.82. The third-order valence-corrected chi connectivity index (χ3v) is 3.19. The van der Waals surface area contributed by atoms with Gasteiger partial charge >= 0.3 is 0 Å². The fourth-order valence-electron chi connectivity index (χ4n) is 1.63. The molecule has 2 N–H and O–H groups in total. The molecule has 1 aromatic carbocycles. The van der Waals surface area contributed by atoms with E-state index in [1.165, 1.54) is 0 Å². The number of hydrogen-bond acceptors (Lipinski definition) is 3. The number of methoxy groups -OCH3 is 1. The third kappa shape index (κ3) is 2.26. The molecule has 0 radical (unpaired) electrons. The second-order valence-electron chi connectivity index (χ2n) is 3.74. The topological polar surface area (TPSA) is 44.5 Å². The molecule has 0 aliphatic heterocycles. The van der Waals surface area contributed by atoms with Crippen LogP contribution in [0.15, 0.2) is 22.7 Å². The zero-order valence-corrected chi connectivity index (χ0v) is 10.2. The molecular formula is C11H14BrNO2. The van der Waals surface area contributed by atoms with Crippen molar-refractivity contribution in [3.8, 4) is 11.5 Å². The van der Waals surface area contributed by atoms with Crippen molar-refractivity contribution >= 4 is 15.9 Å². The smallest absolute Gasteiger partial charge is 0.175 e. The molecule has 0 unspecified atom stereocenters. The van der Waals surface area contributed by atoms with Gasteiger partial charge in [-0.2, -0.15) is 0 Å². The number of para-hydroxylation sites is 1. The van der Waals surface area contributed by atoms with Crippen molar-refractivity contribution in [2.75, 3.05) is 7.11 Å². The Morgan fingerprint density at radius 2 is 2.13 bits per heavy atom. The molecule has 2 rings (SSSR count). The van der Waals surface area contributed by atoms with E-state index in [-0.39, 0.29) is 6.10 Å². The van der Waals surface area contributed by atoms with Gasteiger partial charge < -0.3 is 15.2 Å². The second kappa shape index (κ2) is 4.41. The van der Waals surface area contributed by atoms with Crippen LogP contribution in [0.3, 0.4) is 0 Å². The van der Waals surface area contributed by atoms with Crippen molar-refractivity contribution in [3.05, 3.63) is 22.7 Å². The van der Waals surface area contributed by atoms with Crippen LogP contribution in [0.25, 0.3) is 0 Å². The van der Waals surface area contributed by atoms with Gasteiger partial charge in [-0.25, -0.2) is 0 Å². The molecule has 4 heteroatoms. The maximum absolute atomic E-state index is 5.82. The Morgan fingerprint density at radius 3 is 2.73 bits per heavy atom. The van der Waals surface area contributed by atoms with Gasteiger partial charge in [0.2, 0.25) is 0 Å². The van der Waals surface area contributed by atoms with E-state index < -0.39 is 0 Å². The van der Waals surface area contributed by atoms with E-state index in [1.807, 2.05) is 18.2 Å². The van der Waals surface area contributed by atoms with Crippen molar-refractivity contribution in [3.63, 3.8) is 0 Å². The van der Waals surface area contributed by atoms with Gasteiger partial charge in [-0.15, -0.1) is 0 Å². The zero-order chi connectivity index (χ0) is 10.8. The Labute approximate surface area is 97.7 Å². The predicted octanol–water partition coefficient (Wildman–Crippen LogP) is 2.33. The molecule has 0 heterocycles. The highest BCUT2D eigenvalue weighted by Crippen LogP contribution is 2.37. The number of rotatable bonds is 3. The monoisotopic (exact) mass is 271 g/mol. The molecule has 82 valence electrons. The molecule has 0 saturated heterocycles. The standard InChI is InChI=1S/C11H14BrNO2/c1-14-10-4-2-3-9(12)11(10)15-8-5-7(13)6-8/h2-4,7-8H,5-6,13H2,1H3. The summed E-state index contributed by atoms with van der Waals surface area (Å²) in [6, 6.07) is 6.04. The Bertz CT molecular complexity index is 350. The van der Waals surface area contributed by atoms with Gasteiger partial charge in [0.05, 0.1) is 11.6 Å². The number of nitrogens with two attached hydrogens (primary N) is 1. The second-order valence-corrected chi connectivity index (χ2v) is 4.60. The highest BCUT2D eigenvalue weighted by atomic mass is 79.9. The SMILES string of the molecule is COc1cccc(Br)c1OC1CC(N)C1. The van der Waals surface area contributed by atoms with Gasteiger partial charge in [-0.1, -0.05) is 6.07 Å². The van der Waals surface area contributed by atoms with Crippen molar-refractivity contribution < 1.29 is 9.47 Å². The van der Waals surface area contributed by atoms with Crippen LogP contribution in [0.2, 0.25) is 0 Å². The van der Waals surface area contributed by atoms with Crippen LogP contribution in [0.1, 0.15) is 12.8 Å². The average Bonchev–Trinajstić information content (AvgIpc) is 2.18. The highest BCUT2D eigenvalue weighted by Gasteiger charge is 2.29. The predicted molar refractivity (Wildman–Crippen MR) is 62.3 cm³/mol. The fourth-order valence-corrected chi connectivity index (χ4v) is 2.07. The van der Waals surface area contributed by atoms with Crippen LogP contribution in [0.5, 0.6) is 11.5 Å².